The van der Waals surface area contributed by atoms with Crippen LogP contribution < -0.4 is 10.6 Å². The number of aliphatic imine (C=N–C) groups is 1. The van der Waals surface area contributed by atoms with Gasteiger partial charge in [0.1, 0.15) is 11.6 Å². The molecule has 0 aliphatic heterocycles. The average Bonchev–Trinajstić information content (AvgIpc) is 2.91. The summed E-state index contributed by atoms with van der Waals surface area (Å²) in [4.78, 5) is 4.07. The molecule has 1 aliphatic carbocycles. The van der Waals surface area contributed by atoms with Crippen LogP contribution in [0.15, 0.2) is 35.3 Å². The van der Waals surface area contributed by atoms with Crippen LogP contribution in [0.1, 0.15) is 18.4 Å². The third kappa shape index (κ3) is 4.73. The summed E-state index contributed by atoms with van der Waals surface area (Å²) in [6.07, 6.45) is 6.12. The SMILES string of the molecule is CN=C(NCc1cc(F)ccc1F)NC1CC=CC1.I. The summed E-state index contributed by atoms with van der Waals surface area (Å²) in [6.45, 7) is 0.198. The van der Waals surface area contributed by atoms with Crippen molar-refractivity contribution >= 4 is 29.9 Å². The molecule has 0 radical (unpaired) electrons. The van der Waals surface area contributed by atoms with Crippen molar-refractivity contribution in [3.8, 4) is 0 Å². The highest BCUT2D eigenvalue weighted by molar-refractivity contribution is 14.0. The lowest BCUT2D eigenvalue weighted by Crippen LogP contribution is -2.42. The lowest BCUT2D eigenvalue weighted by molar-refractivity contribution is 0.578. The summed E-state index contributed by atoms with van der Waals surface area (Å²) in [5.41, 5.74) is 0.285. The molecular weight excluding hydrogens is 375 g/mol. The molecule has 0 bridgehead atoms. The predicted octanol–water partition coefficient (Wildman–Crippen LogP) is 2.97. The van der Waals surface area contributed by atoms with E-state index < -0.39 is 11.6 Å². The zero-order valence-corrected chi connectivity index (χ0v) is 13.5. The Bertz CT molecular complexity index is 495. The molecule has 0 saturated heterocycles. The summed E-state index contributed by atoms with van der Waals surface area (Å²) < 4.78 is 26.5. The number of halogens is 3. The lowest BCUT2D eigenvalue weighted by atomic mass is 10.2. The fourth-order valence-corrected chi connectivity index (χ4v) is 1.98. The van der Waals surface area contributed by atoms with E-state index in [9.17, 15) is 8.78 Å². The van der Waals surface area contributed by atoms with Gasteiger partial charge in [0, 0.05) is 25.2 Å². The molecule has 3 nitrogen and oxygen atoms in total. The number of rotatable bonds is 3. The summed E-state index contributed by atoms with van der Waals surface area (Å²) in [6, 6.07) is 3.75. The number of benzene rings is 1. The molecule has 0 fully saturated rings. The van der Waals surface area contributed by atoms with Gasteiger partial charge < -0.3 is 10.6 Å². The Morgan fingerprint density at radius 3 is 2.65 bits per heavy atom. The van der Waals surface area contributed by atoms with Crippen LogP contribution in [0.5, 0.6) is 0 Å². The van der Waals surface area contributed by atoms with Crippen molar-refractivity contribution in [1.29, 1.82) is 0 Å². The second-order valence-electron chi connectivity index (χ2n) is 4.45. The molecule has 2 rings (SSSR count). The highest BCUT2D eigenvalue weighted by atomic mass is 127. The van der Waals surface area contributed by atoms with Crippen LogP contribution in [-0.2, 0) is 6.54 Å². The first-order valence-corrected chi connectivity index (χ1v) is 6.25. The summed E-state index contributed by atoms with van der Waals surface area (Å²) in [7, 11) is 1.65. The molecule has 2 N–H and O–H groups in total. The van der Waals surface area contributed by atoms with Gasteiger partial charge in [-0.3, -0.25) is 4.99 Å². The van der Waals surface area contributed by atoms with Crippen molar-refractivity contribution in [3.63, 3.8) is 0 Å². The Hall–Kier alpha value is -1.18. The molecule has 1 aromatic carbocycles. The minimum atomic E-state index is -0.443. The third-order valence-electron chi connectivity index (χ3n) is 3.03. The summed E-state index contributed by atoms with van der Waals surface area (Å²) >= 11 is 0. The van der Waals surface area contributed by atoms with Crippen molar-refractivity contribution in [2.45, 2.75) is 25.4 Å². The Morgan fingerprint density at radius 2 is 2.00 bits per heavy atom. The van der Waals surface area contributed by atoms with Gasteiger partial charge >= 0.3 is 0 Å². The standard InChI is InChI=1S/C14H17F2N3.HI/c1-17-14(19-12-4-2-3-5-12)18-9-10-8-11(15)6-7-13(10)16;/h2-3,6-8,12H,4-5,9H2,1H3,(H2,17,18,19);1H. The van der Waals surface area contributed by atoms with E-state index in [2.05, 4.69) is 27.8 Å². The molecule has 1 aliphatic rings. The minimum absolute atomic E-state index is 0. The molecule has 0 amide bonds. The molecule has 0 saturated carbocycles. The maximum absolute atomic E-state index is 13.5. The smallest absolute Gasteiger partial charge is 0.191 e. The normalized spacial score (nSPS) is 15.1. The molecule has 0 unspecified atom stereocenters. The van der Waals surface area contributed by atoms with Gasteiger partial charge in [-0.05, 0) is 31.0 Å². The molecule has 0 spiro atoms. The van der Waals surface area contributed by atoms with Crippen molar-refractivity contribution < 1.29 is 8.78 Å². The fraction of sp³-hybridized carbons (Fsp3) is 0.357. The summed E-state index contributed by atoms with van der Waals surface area (Å²) in [5.74, 6) is -0.273. The van der Waals surface area contributed by atoms with E-state index in [1.54, 1.807) is 7.05 Å². The number of hydrogen-bond donors (Lipinski definition) is 2. The molecular formula is C14H18F2IN3. The van der Waals surface area contributed by atoms with Crippen LogP contribution in [0.25, 0.3) is 0 Å². The average molecular weight is 393 g/mol. The van der Waals surface area contributed by atoms with Gasteiger partial charge in [0.2, 0.25) is 0 Å². The maximum Gasteiger partial charge on any atom is 0.191 e. The molecule has 6 heteroatoms. The van der Waals surface area contributed by atoms with Gasteiger partial charge in [0.25, 0.3) is 0 Å². The minimum Gasteiger partial charge on any atom is -0.353 e. The molecule has 0 atom stereocenters. The predicted molar refractivity (Wildman–Crippen MR) is 87.3 cm³/mol. The van der Waals surface area contributed by atoms with Crippen LogP contribution in [0.3, 0.4) is 0 Å². The molecule has 0 aromatic heterocycles. The van der Waals surface area contributed by atoms with Crippen molar-refractivity contribution in [2.24, 2.45) is 4.99 Å². The van der Waals surface area contributed by atoms with Crippen LogP contribution >= 0.6 is 24.0 Å². The maximum atomic E-state index is 13.5. The van der Waals surface area contributed by atoms with E-state index in [0.29, 0.717) is 12.0 Å². The Labute approximate surface area is 134 Å². The monoisotopic (exact) mass is 393 g/mol. The third-order valence-corrected chi connectivity index (χ3v) is 3.03. The second-order valence-corrected chi connectivity index (χ2v) is 4.45. The van der Waals surface area contributed by atoms with Crippen LogP contribution in [0.2, 0.25) is 0 Å². The van der Waals surface area contributed by atoms with Crippen molar-refractivity contribution in [2.75, 3.05) is 7.05 Å². The first-order valence-electron chi connectivity index (χ1n) is 6.25. The number of nitrogens with zero attached hydrogens (tertiary/aromatic N) is 1. The van der Waals surface area contributed by atoms with Gasteiger partial charge in [-0.25, -0.2) is 8.78 Å². The van der Waals surface area contributed by atoms with Crippen LogP contribution in [0.4, 0.5) is 8.78 Å². The first kappa shape index (κ1) is 16.9. The van der Waals surface area contributed by atoms with E-state index in [1.165, 1.54) is 6.07 Å². The largest absolute Gasteiger partial charge is 0.353 e. The first-order chi connectivity index (χ1) is 9.19. The Morgan fingerprint density at radius 1 is 1.30 bits per heavy atom. The number of nitrogens with one attached hydrogen (secondary N) is 2. The zero-order chi connectivity index (χ0) is 13.7. The van der Waals surface area contributed by atoms with Gasteiger partial charge in [0.05, 0.1) is 0 Å². The van der Waals surface area contributed by atoms with E-state index in [-0.39, 0.29) is 36.1 Å². The highest BCUT2D eigenvalue weighted by Crippen LogP contribution is 2.10. The van der Waals surface area contributed by atoms with E-state index in [4.69, 9.17) is 0 Å². The molecule has 110 valence electrons. The van der Waals surface area contributed by atoms with Crippen LogP contribution in [-0.4, -0.2) is 19.0 Å². The Balaban J connectivity index is 0.00000200. The topological polar surface area (TPSA) is 36.4 Å². The number of hydrogen-bond acceptors (Lipinski definition) is 1. The van der Waals surface area contributed by atoms with Gasteiger partial charge in [-0.15, -0.1) is 24.0 Å². The van der Waals surface area contributed by atoms with E-state index in [0.717, 1.165) is 25.0 Å². The van der Waals surface area contributed by atoms with Crippen LogP contribution in [0, 0.1) is 11.6 Å². The number of guanidine groups is 1. The molecule has 20 heavy (non-hydrogen) atoms. The van der Waals surface area contributed by atoms with E-state index >= 15 is 0 Å². The lowest BCUT2D eigenvalue weighted by Gasteiger charge is -2.17. The fourth-order valence-electron chi connectivity index (χ4n) is 1.98. The van der Waals surface area contributed by atoms with Gasteiger partial charge in [-0.1, -0.05) is 12.2 Å². The quantitative estimate of drug-likeness (QED) is 0.359. The van der Waals surface area contributed by atoms with Gasteiger partial charge in [0.15, 0.2) is 5.96 Å². The highest BCUT2D eigenvalue weighted by Gasteiger charge is 2.12. The zero-order valence-electron chi connectivity index (χ0n) is 11.2. The van der Waals surface area contributed by atoms with Gasteiger partial charge in [-0.2, -0.15) is 0 Å². The Kier molecular flexibility index (Phi) is 6.90. The van der Waals surface area contributed by atoms with Crippen molar-refractivity contribution in [3.05, 3.63) is 47.5 Å². The molecule has 0 heterocycles. The molecule has 1 aromatic rings. The summed E-state index contributed by atoms with van der Waals surface area (Å²) in [5, 5.41) is 6.22. The van der Waals surface area contributed by atoms with Crippen molar-refractivity contribution in [1.82, 2.24) is 10.6 Å². The van der Waals surface area contributed by atoms with E-state index in [1.807, 2.05) is 0 Å². The second kappa shape index (κ2) is 8.18.